The summed E-state index contributed by atoms with van der Waals surface area (Å²) < 4.78 is 0. The molecule has 1 rings (SSSR count). The molecule has 1 unspecified atom stereocenters. The Morgan fingerprint density at radius 2 is 1.92 bits per heavy atom. The van der Waals surface area contributed by atoms with Gasteiger partial charge in [-0.15, -0.1) is 0 Å². The molecule has 2 heteroatoms. The summed E-state index contributed by atoms with van der Waals surface area (Å²) in [6.45, 7) is 5.09. The molecule has 0 saturated carbocycles. The maximum atomic E-state index is 5.69. The fourth-order valence-corrected chi connectivity index (χ4v) is 1.40. The summed E-state index contributed by atoms with van der Waals surface area (Å²) >= 11 is 0. The average molecular weight is 164 g/mol. The van der Waals surface area contributed by atoms with Crippen LogP contribution in [-0.4, -0.2) is 11.5 Å². The van der Waals surface area contributed by atoms with Crippen LogP contribution in [0.2, 0.25) is 0 Å². The number of nitrogens with two attached hydrogens (primary N) is 1. The van der Waals surface area contributed by atoms with E-state index >= 15 is 0 Å². The van der Waals surface area contributed by atoms with E-state index in [1.165, 1.54) is 5.56 Å². The molecule has 1 heterocycles. The SMILES string of the molecule is CC(C)C(CN)c1ccncc1. The van der Waals surface area contributed by atoms with Crippen molar-refractivity contribution in [3.05, 3.63) is 30.1 Å². The third-order valence-corrected chi connectivity index (χ3v) is 2.19. The lowest BCUT2D eigenvalue weighted by molar-refractivity contribution is 0.506. The van der Waals surface area contributed by atoms with Gasteiger partial charge in [-0.2, -0.15) is 0 Å². The quantitative estimate of drug-likeness (QED) is 0.739. The first-order chi connectivity index (χ1) is 5.75. The zero-order chi connectivity index (χ0) is 8.97. The van der Waals surface area contributed by atoms with E-state index in [2.05, 4.69) is 18.8 Å². The predicted molar refractivity (Wildman–Crippen MR) is 50.9 cm³/mol. The highest BCUT2D eigenvalue weighted by Crippen LogP contribution is 2.21. The van der Waals surface area contributed by atoms with E-state index in [1.54, 1.807) is 0 Å². The second-order valence-electron chi connectivity index (χ2n) is 3.37. The monoisotopic (exact) mass is 164 g/mol. The first kappa shape index (κ1) is 9.20. The molecule has 0 bridgehead atoms. The maximum absolute atomic E-state index is 5.69. The minimum atomic E-state index is 0.466. The Morgan fingerprint density at radius 3 is 2.33 bits per heavy atom. The maximum Gasteiger partial charge on any atom is 0.0270 e. The summed E-state index contributed by atoms with van der Waals surface area (Å²) in [6, 6.07) is 4.08. The molecule has 66 valence electrons. The van der Waals surface area contributed by atoms with Crippen molar-refractivity contribution in [2.24, 2.45) is 11.7 Å². The molecule has 0 amide bonds. The molecule has 0 aliphatic carbocycles. The van der Waals surface area contributed by atoms with E-state index in [0.717, 1.165) is 0 Å². The molecular formula is C10H16N2. The molecule has 2 nitrogen and oxygen atoms in total. The van der Waals surface area contributed by atoms with Gasteiger partial charge in [0.05, 0.1) is 0 Å². The van der Waals surface area contributed by atoms with Gasteiger partial charge in [0.25, 0.3) is 0 Å². The topological polar surface area (TPSA) is 38.9 Å². The minimum absolute atomic E-state index is 0.466. The number of aromatic nitrogens is 1. The van der Waals surface area contributed by atoms with E-state index in [9.17, 15) is 0 Å². The van der Waals surface area contributed by atoms with Crippen molar-refractivity contribution in [3.63, 3.8) is 0 Å². The number of hydrogen-bond acceptors (Lipinski definition) is 2. The molecule has 0 saturated heterocycles. The van der Waals surface area contributed by atoms with Crippen LogP contribution in [0.4, 0.5) is 0 Å². The molecule has 12 heavy (non-hydrogen) atoms. The zero-order valence-corrected chi connectivity index (χ0v) is 7.70. The van der Waals surface area contributed by atoms with Crippen molar-refractivity contribution in [1.29, 1.82) is 0 Å². The van der Waals surface area contributed by atoms with Crippen LogP contribution < -0.4 is 5.73 Å². The highest BCUT2D eigenvalue weighted by atomic mass is 14.6. The van der Waals surface area contributed by atoms with Gasteiger partial charge in [-0.25, -0.2) is 0 Å². The van der Waals surface area contributed by atoms with Crippen LogP contribution in [-0.2, 0) is 0 Å². The summed E-state index contributed by atoms with van der Waals surface area (Å²) in [7, 11) is 0. The highest BCUT2D eigenvalue weighted by molar-refractivity contribution is 5.16. The molecule has 0 aliphatic heterocycles. The van der Waals surface area contributed by atoms with Crippen molar-refractivity contribution in [1.82, 2.24) is 4.98 Å². The number of rotatable bonds is 3. The smallest absolute Gasteiger partial charge is 0.0270 e. The molecule has 1 atom stereocenters. The van der Waals surface area contributed by atoms with Gasteiger partial charge in [-0.05, 0) is 36.1 Å². The Morgan fingerprint density at radius 1 is 1.33 bits per heavy atom. The van der Waals surface area contributed by atoms with Crippen LogP contribution in [0, 0.1) is 5.92 Å². The highest BCUT2D eigenvalue weighted by Gasteiger charge is 2.12. The minimum Gasteiger partial charge on any atom is -0.330 e. The third kappa shape index (κ3) is 2.05. The Hall–Kier alpha value is -0.890. The van der Waals surface area contributed by atoms with E-state index in [1.807, 2.05) is 24.5 Å². The summed E-state index contributed by atoms with van der Waals surface area (Å²) in [4.78, 5) is 3.98. The Bertz CT molecular complexity index is 219. The molecule has 0 aliphatic rings. The van der Waals surface area contributed by atoms with Crippen molar-refractivity contribution in [3.8, 4) is 0 Å². The van der Waals surface area contributed by atoms with Crippen molar-refractivity contribution >= 4 is 0 Å². The van der Waals surface area contributed by atoms with Gasteiger partial charge in [0.2, 0.25) is 0 Å². The summed E-state index contributed by atoms with van der Waals surface area (Å²) in [5.41, 5.74) is 6.98. The van der Waals surface area contributed by atoms with Gasteiger partial charge in [0, 0.05) is 12.4 Å². The van der Waals surface area contributed by atoms with E-state index in [4.69, 9.17) is 5.73 Å². The lowest BCUT2D eigenvalue weighted by atomic mass is 9.89. The zero-order valence-electron chi connectivity index (χ0n) is 7.70. The van der Waals surface area contributed by atoms with E-state index in [-0.39, 0.29) is 0 Å². The first-order valence-electron chi connectivity index (χ1n) is 4.35. The van der Waals surface area contributed by atoms with Gasteiger partial charge >= 0.3 is 0 Å². The second-order valence-corrected chi connectivity index (χ2v) is 3.37. The Labute approximate surface area is 73.8 Å². The molecule has 1 aromatic heterocycles. The largest absolute Gasteiger partial charge is 0.330 e. The Balaban J connectivity index is 2.80. The average Bonchev–Trinajstić information content (AvgIpc) is 2.07. The van der Waals surface area contributed by atoms with Crippen LogP contribution in [0.25, 0.3) is 0 Å². The Kier molecular flexibility index (Phi) is 3.23. The normalized spacial score (nSPS) is 13.3. The van der Waals surface area contributed by atoms with Crippen molar-refractivity contribution < 1.29 is 0 Å². The molecular weight excluding hydrogens is 148 g/mol. The van der Waals surface area contributed by atoms with Crippen LogP contribution in [0.3, 0.4) is 0 Å². The van der Waals surface area contributed by atoms with Crippen LogP contribution in [0.5, 0.6) is 0 Å². The van der Waals surface area contributed by atoms with Gasteiger partial charge in [-0.1, -0.05) is 13.8 Å². The second kappa shape index (κ2) is 4.21. The van der Waals surface area contributed by atoms with Crippen molar-refractivity contribution in [2.75, 3.05) is 6.54 Å². The number of hydrogen-bond donors (Lipinski definition) is 1. The molecule has 0 spiro atoms. The van der Waals surface area contributed by atoms with Crippen LogP contribution in [0.15, 0.2) is 24.5 Å². The summed E-state index contributed by atoms with van der Waals surface area (Å²) in [6.07, 6.45) is 3.64. The predicted octanol–water partition coefficient (Wildman–Crippen LogP) is 1.78. The molecule has 1 aromatic rings. The summed E-state index contributed by atoms with van der Waals surface area (Å²) in [5.74, 6) is 1.06. The standard InChI is InChI=1S/C10H16N2/c1-8(2)10(7-11)9-3-5-12-6-4-9/h3-6,8,10H,7,11H2,1-2H3. The van der Waals surface area contributed by atoms with E-state index < -0.39 is 0 Å². The van der Waals surface area contributed by atoms with Gasteiger partial charge in [-0.3, -0.25) is 4.98 Å². The fraction of sp³-hybridized carbons (Fsp3) is 0.500. The molecule has 0 radical (unpaired) electrons. The third-order valence-electron chi connectivity index (χ3n) is 2.19. The first-order valence-corrected chi connectivity index (χ1v) is 4.35. The lowest BCUT2D eigenvalue weighted by Gasteiger charge is -2.18. The number of pyridine rings is 1. The fourth-order valence-electron chi connectivity index (χ4n) is 1.40. The van der Waals surface area contributed by atoms with E-state index in [0.29, 0.717) is 18.4 Å². The lowest BCUT2D eigenvalue weighted by Crippen LogP contribution is -2.17. The molecule has 0 fully saturated rings. The molecule has 0 aromatic carbocycles. The van der Waals surface area contributed by atoms with Gasteiger partial charge in [0.15, 0.2) is 0 Å². The van der Waals surface area contributed by atoms with Gasteiger partial charge in [0.1, 0.15) is 0 Å². The van der Waals surface area contributed by atoms with Crippen LogP contribution in [0.1, 0.15) is 25.3 Å². The van der Waals surface area contributed by atoms with Crippen LogP contribution >= 0.6 is 0 Å². The number of nitrogens with zero attached hydrogens (tertiary/aromatic N) is 1. The molecule has 2 N–H and O–H groups in total. The summed E-state index contributed by atoms with van der Waals surface area (Å²) in [5, 5.41) is 0. The van der Waals surface area contributed by atoms with Crippen molar-refractivity contribution in [2.45, 2.75) is 19.8 Å². The van der Waals surface area contributed by atoms with Gasteiger partial charge < -0.3 is 5.73 Å².